The lowest BCUT2D eigenvalue weighted by molar-refractivity contribution is -0.392. The largest absolute Gasteiger partial charge is 0.478 e. The maximum Gasteiger partial charge on any atom is 0.406 e. The number of aliphatic hydroxyl groups is 1. The first kappa shape index (κ1) is 55.4. The van der Waals surface area contributed by atoms with Gasteiger partial charge in [-0.3, -0.25) is 19.0 Å². The number of carbonyl (C=O) groups excluding carboxylic acids is 2. The third kappa shape index (κ3) is 12.3. The van der Waals surface area contributed by atoms with E-state index in [1.165, 1.54) is 61.5 Å². The summed E-state index contributed by atoms with van der Waals surface area (Å²) in [6.07, 6.45) is 4.80. The van der Waals surface area contributed by atoms with Crippen molar-refractivity contribution in [3.63, 3.8) is 0 Å². The van der Waals surface area contributed by atoms with Crippen LogP contribution in [0.25, 0.3) is 11.4 Å². The number of ketones is 2. The molecule has 2 unspecified atom stereocenters. The number of nitro groups is 2. The van der Waals surface area contributed by atoms with Gasteiger partial charge in [0.15, 0.2) is 35.4 Å². The lowest BCUT2D eigenvalue weighted by atomic mass is 10.1. The summed E-state index contributed by atoms with van der Waals surface area (Å²) >= 11 is 12.7. The molecular formula is C44H33Br4F5N12O8. The quantitative estimate of drug-likeness (QED) is 0.0460. The fraction of sp³-hybridized carbons (Fsp3) is 0.182. The number of halogens is 9. The fourth-order valence-corrected chi connectivity index (χ4v) is 8.57. The molecule has 0 saturated carbocycles. The Bertz CT molecular complexity index is 3410. The number of aryl methyl sites for hydroxylation is 2. The van der Waals surface area contributed by atoms with E-state index < -0.39 is 80.0 Å². The lowest BCUT2D eigenvalue weighted by Gasteiger charge is -2.19. The summed E-state index contributed by atoms with van der Waals surface area (Å²) in [6, 6.07) is 9.51. The van der Waals surface area contributed by atoms with E-state index in [-0.39, 0.29) is 45.1 Å². The van der Waals surface area contributed by atoms with Crippen molar-refractivity contribution in [1.29, 1.82) is 0 Å². The highest BCUT2D eigenvalue weighted by atomic mass is 79.9. The average molecular weight is 1270 g/mol. The van der Waals surface area contributed by atoms with E-state index in [1.807, 2.05) is 13.8 Å². The van der Waals surface area contributed by atoms with Crippen LogP contribution < -0.4 is 4.74 Å². The van der Waals surface area contributed by atoms with Crippen LogP contribution in [0.15, 0.2) is 104 Å². The van der Waals surface area contributed by atoms with Crippen LogP contribution in [-0.2, 0) is 13.1 Å². The number of nitrogens with zero attached hydrogens (tertiary/aromatic N) is 12. The van der Waals surface area contributed by atoms with Gasteiger partial charge in [-0.2, -0.15) is 24.8 Å². The van der Waals surface area contributed by atoms with Gasteiger partial charge in [0.2, 0.25) is 23.1 Å². The predicted molar refractivity (Wildman–Crippen MR) is 262 cm³/mol. The van der Waals surface area contributed by atoms with Crippen LogP contribution in [0.5, 0.6) is 5.75 Å². The number of rotatable bonds is 14. The Kier molecular flexibility index (Phi) is 18.0. The zero-order valence-electron chi connectivity index (χ0n) is 37.7. The Morgan fingerprint density at radius 1 is 0.630 bits per heavy atom. The molecule has 0 spiro atoms. The molecule has 0 aliphatic carbocycles. The first-order valence-corrected chi connectivity index (χ1v) is 23.9. The molecule has 2 aromatic carbocycles. The van der Waals surface area contributed by atoms with E-state index in [1.54, 1.807) is 4.68 Å². The molecule has 8 aromatic rings. The van der Waals surface area contributed by atoms with E-state index in [0.29, 0.717) is 31.2 Å². The molecule has 0 fully saturated rings. The summed E-state index contributed by atoms with van der Waals surface area (Å²) < 4.78 is 82.2. The van der Waals surface area contributed by atoms with Gasteiger partial charge in [-0.15, -0.1) is 0 Å². The molecule has 29 heteroatoms. The molecule has 0 aliphatic heterocycles. The Balaban J connectivity index is 0.000000204. The number of hydrogen-bond acceptors (Lipinski definition) is 14. The SMILES string of the molecule is CCn1ncc(C(=O)c2c(F)cnn2-c2ccc(F)cc2C(C)O)c1Br.CCn1ncc(C(=O)c2c(F)cnn2-c2ccc(F)cc2C(C)Oc2cc(Br)cnc2[N+](=O)[O-])c1Br.O=[N+]([O-])c1ncc(Br)cc1F. The third-order valence-electron chi connectivity index (χ3n) is 10.1. The molecule has 6 aromatic heterocycles. The molecule has 0 amide bonds. The number of aliphatic hydroxyl groups excluding tert-OH is 1. The van der Waals surface area contributed by atoms with Gasteiger partial charge in [0.1, 0.15) is 26.9 Å². The predicted octanol–water partition coefficient (Wildman–Crippen LogP) is 10.9. The molecule has 73 heavy (non-hydrogen) atoms. The van der Waals surface area contributed by atoms with Crippen molar-refractivity contribution >= 4 is 86.9 Å². The van der Waals surface area contributed by atoms with Crippen molar-refractivity contribution in [2.45, 2.75) is 53.0 Å². The van der Waals surface area contributed by atoms with E-state index in [2.05, 4.69) is 94.1 Å². The van der Waals surface area contributed by atoms with Gasteiger partial charge in [-0.05, 0) is 148 Å². The lowest BCUT2D eigenvalue weighted by Crippen LogP contribution is -2.16. The van der Waals surface area contributed by atoms with Crippen LogP contribution in [0.2, 0.25) is 0 Å². The van der Waals surface area contributed by atoms with Crippen LogP contribution in [0.3, 0.4) is 0 Å². The van der Waals surface area contributed by atoms with Crippen LogP contribution in [0.4, 0.5) is 33.6 Å². The van der Waals surface area contributed by atoms with Crippen molar-refractivity contribution < 1.29 is 51.2 Å². The summed E-state index contributed by atoms with van der Waals surface area (Å²) in [5.74, 6) is -6.66. The highest BCUT2D eigenvalue weighted by Gasteiger charge is 2.30. The normalized spacial score (nSPS) is 11.8. The van der Waals surface area contributed by atoms with Gasteiger partial charge in [0.25, 0.3) is 0 Å². The minimum atomic E-state index is -1.04. The number of pyridine rings is 2. The molecule has 8 rings (SSSR count). The summed E-state index contributed by atoms with van der Waals surface area (Å²) in [5, 5.41) is 47.4. The smallest absolute Gasteiger partial charge is 0.406 e. The Morgan fingerprint density at radius 3 is 1.49 bits per heavy atom. The molecular weight excluding hydrogens is 1240 g/mol. The van der Waals surface area contributed by atoms with Crippen LogP contribution in [0.1, 0.15) is 83.1 Å². The minimum Gasteiger partial charge on any atom is -0.478 e. The van der Waals surface area contributed by atoms with Crippen LogP contribution in [0, 0.1) is 49.3 Å². The maximum absolute atomic E-state index is 14.9. The molecule has 2 atom stereocenters. The van der Waals surface area contributed by atoms with Crippen molar-refractivity contribution in [2.24, 2.45) is 0 Å². The van der Waals surface area contributed by atoms with Crippen molar-refractivity contribution in [3.8, 4) is 17.1 Å². The second kappa shape index (κ2) is 23.7. The van der Waals surface area contributed by atoms with Gasteiger partial charge >= 0.3 is 11.6 Å². The van der Waals surface area contributed by atoms with Crippen LogP contribution in [-0.4, -0.2) is 75.6 Å². The Hall–Kier alpha value is -6.95. The molecule has 380 valence electrons. The van der Waals surface area contributed by atoms with Gasteiger partial charge in [-0.25, -0.2) is 26.9 Å². The van der Waals surface area contributed by atoms with Crippen molar-refractivity contribution in [2.75, 3.05) is 0 Å². The van der Waals surface area contributed by atoms with E-state index in [9.17, 15) is 56.9 Å². The van der Waals surface area contributed by atoms with E-state index in [4.69, 9.17) is 4.74 Å². The molecule has 0 radical (unpaired) electrons. The minimum absolute atomic E-state index is 0.112. The first-order valence-electron chi connectivity index (χ1n) is 20.8. The maximum atomic E-state index is 14.9. The zero-order chi connectivity index (χ0) is 53.6. The highest BCUT2D eigenvalue weighted by Crippen LogP contribution is 2.35. The van der Waals surface area contributed by atoms with Crippen LogP contribution >= 0.6 is 63.7 Å². The van der Waals surface area contributed by atoms with Gasteiger partial charge in [-0.1, -0.05) is 0 Å². The second-order valence-corrected chi connectivity index (χ2v) is 18.1. The number of aromatic nitrogens is 10. The fourth-order valence-electron chi connectivity index (χ4n) is 6.70. The van der Waals surface area contributed by atoms with Gasteiger partial charge in [0, 0.05) is 36.3 Å². The molecule has 6 heterocycles. The third-order valence-corrected chi connectivity index (χ3v) is 12.6. The molecule has 0 bridgehead atoms. The van der Waals surface area contributed by atoms with Gasteiger partial charge < -0.3 is 30.1 Å². The summed E-state index contributed by atoms with van der Waals surface area (Å²) in [4.78, 5) is 53.0. The summed E-state index contributed by atoms with van der Waals surface area (Å²) in [5.41, 5.74) is 0.259. The molecule has 20 nitrogen and oxygen atoms in total. The van der Waals surface area contributed by atoms with Gasteiger partial charge in [0.05, 0.1) is 62.3 Å². The van der Waals surface area contributed by atoms with Crippen molar-refractivity contribution in [3.05, 3.63) is 187 Å². The Labute approximate surface area is 441 Å². The number of benzene rings is 2. The summed E-state index contributed by atoms with van der Waals surface area (Å²) in [6.45, 7) is 7.65. The van der Waals surface area contributed by atoms with E-state index in [0.717, 1.165) is 52.1 Å². The molecule has 0 saturated heterocycles. The standard InChI is InChI=1S/C22H16Br2F2N6O4.C17H15BrF2N4O2.C5H2BrFN2O2/c1-3-30-21(24)15(9-28-30)20(33)19-16(26)10-29-31(19)17-5-4-13(25)7-14(17)11(2)36-18-6-12(23)8-27-22(18)32(34)35;1-3-23-17(18)12(7-21-23)16(26)15-13(20)8-22-24(15)14-5-4-10(19)6-11(14)9(2)25;6-3-1-4(7)5(8-2-3)9(10)11/h4-11H,3H2,1-2H3;4-9,25H,3H2,1-2H3;1-2H. The van der Waals surface area contributed by atoms with E-state index >= 15 is 0 Å². The molecule has 0 aliphatic rings. The first-order chi connectivity index (χ1) is 34.6. The monoisotopic (exact) mass is 1270 g/mol. The topological polar surface area (TPSA) is 247 Å². The van der Waals surface area contributed by atoms with Crippen molar-refractivity contribution in [1.82, 2.24) is 49.1 Å². The number of carbonyl (C=O) groups is 2. The molecule has 1 N–H and O–H groups in total. The highest BCUT2D eigenvalue weighted by molar-refractivity contribution is 9.11. The second-order valence-electron chi connectivity index (χ2n) is 14.8. The Morgan fingerprint density at radius 2 is 1.07 bits per heavy atom. The average Bonchev–Trinajstić information content (AvgIpc) is 4.13. The summed E-state index contributed by atoms with van der Waals surface area (Å²) in [7, 11) is 0. The zero-order valence-corrected chi connectivity index (χ0v) is 44.1. The number of ether oxygens (including phenoxy) is 1. The number of hydrogen-bond donors (Lipinski definition) is 1.